The molecule has 4 rings (SSSR count). The lowest BCUT2D eigenvalue weighted by Crippen LogP contribution is -2.17. The van der Waals surface area contributed by atoms with Crippen LogP contribution in [0.3, 0.4) is 0 Å². The molecule has 0 aliphatic rings. The van der Waals surface area contributed by atoms with Gasteiger partial charge in [0.05, 0.1) is 38.0 Å². The van der Waals surface area contributed by atoms with Crippen molar-refractivity contribution < 1.29 is 46.9 Å². The predicted molar refractivity (Wildman–Crippen MR) is 165 cm³/mol. The molecule has 4 atom stereocenters. The Hall–Kier alpha value is -3.16. The number of nitrogens with zero attached hydrogens (tertiary/aromatic N) is 8. The quantitative estimate of drug-likeness (QED) is 0.0659. The van der Waals surface area contributed by atoms with E-state index in [1.165, 1.54) is 12.7 Å². The van der Waals surface area contributed by atoms with Crippen molar-refractivity contribution in [3.05, 3.63) is 25.3 Å². The second-order valence-corrected chi connectivity index (χ2v) is 13.2. The molecule has 0 saturated carbocycles. The number of hydrogen-bond donors (Lipinski definition) is 4. The Kier molecular flexibility index (Phi) is 14.3. The van der Waals surface area contributed by atoms with Crippen molar-refractivity contribution in [2.24, 2.45) is 0 Å². The van der Waals surface area contributed by atoms with Gasteiger partial charge >= 0.3 is 15.2 Å². The number of nitrogen functional groups attached to an aromatic ring is 2. The zero-order chi connectivity index (χ0) is 33.7. The minimum atomic E-state index is -3.84. The van der Waals surface area contributed by atoms with Crippen molar-refractivity contribution in [2.45, 2.75) is 53.0 Å². The topological polar surface area (TPSA) is 269 Å². The molecule has 46 heavy (non-hydrogen) atoms. The summed E-state index contributed by atoms with van der Waals surface area (Å²) in [4.78, 5) is 43.5. The van der Waals surface area contributed by atoms with E-state index in [9.17, 15) is 18.9 Å². The van der Waals surface area contributed by atoms with E-state index >= 15 is 0 Å². The van der Waals surface area contributed by atoms with Crippen LogP contribution in [0.25, 0.3) is 22.3 Å². The molecule has 0 spiro atoms. The molecule has 22 heteroatoms. The van der Waals surface area contributed by atoms with Crippen LogP contribution in [0.5, 0.6) is 0 Å². The van der Waals surface area contributed by atoms with Gasteiger partial charge in [-0.1, -0.05) is 0 Å². The van der Waals surface area contributed by atoms with Crippen LogP contribution in [-0.2, 0) is 50.2 Å². The Balaban J connectivity index is 0.000000250. The molecule has 0 bridgehead atoms. The van der Waals surface area contributed by atoms with Crippen LogP contribution in [0, 0.1) is 0 Å². The molecule has 4 aromatic rings. The molecule has 20 nitrogen and oxygen atoms in total. The summed E-state index contributed by atoms with van der Waals surface area (Å²) in [5.74, 6) is 0.595. The van der Waals surface area contributed by atoms with Gasteiger partial charge in [0.1, 0.15) is 36.4 Å². The highest BCUT2D eigenvalue weighted by Gasteiger charge is 2.23. The van der Waals surface area contributed by atoms with Crippen LogP contribution in [0.15, 0.2) is 25.3 Å². The summed E-state index contributed by atoms with van der Waals surface area (Å²) in [5, 5.41) is 0. The van der Waals surface area contributed by atoms with Crippen molar-refractivity contribution in [3.63, 3.8) is 0 Å². The molecular weight excluding hydrogens is 650 g/mol. The third-order valence-electron chi connectivity index (χ3n) is 5.89. The third kappa shape index (κ3) is 11.6. The van der Waals surface area contributed by atoms with Crippen LogP contribution in [0.1, 0.15) is 27.7 Å². The first-order valence-electron chi connectivity index (χ1n) is 14.0. The number of imidazole rings is 2. The van der Waals surface area contributed by atoms with Crippen LogP contribution >= 0.6 is 15.2 Å². The maximum atomic E-state index is 11.7. The molecule has 0 radical (unpaired) electrons. The lowest BCUT2D eigenvalue weighted by Gasteiger charge is -2.17. The molecule has 0 saturated heterocycles. The Morgan fingerprint density at radius 3 is 1.48 bits per heavy atom. The summed E-state index contributed by atoms with van der Waals surface area (Å²) >= 11 is 0. The first-order valence-corrected chi connectivity index (χ1v) is 17.5. The maximum absolute atomic E-state index is 11.7. The van der Waals surface area contributed by atoms with Gasteiger partial charge in [0.2, 0.25) is 0 Å². The number of hydrogen-bond acceptors (Lipinski definition) is 16. The Morgan fingerprint density at radius 2 is 1.11 bits per heavy atom. The minimum absolute atomic E-state index is 0.246. The molecule has 4 heterocycles. The van der Waals surface area contributed by atoms with Crippen LogP contribution < -0.4 is 11.5 Å². The fourth-order valence-electron chi connectivity index (χ4n) is 3.65. The van der Waals surface area contributed by atoms with Gasteiger partial charge in [0, 0.05) is 13.2 Å². The third-order valence-corrected chi connectivity index (χ3v) is 7.86. The first kappa shape index (κ1) is 37.3. The average molecular weight is 691 g/mol. The van der Waals surface area contributed by atoms with Gasteiger partial charge in [-0.15, -0.1) is 0 Å². The molecule has 6 N–H and O–H groups in total. The van der Waals surface area contributed by atoms with Crippen LogP contribution in [0.4, 0.5) is 11.6 Å². The van der Waals surface area contributed by atoms with E-state index in [4.69, 9.17) is 39.5 Å². The minimum Gasteiger partial charge on any atom is -0.382 e. The summed E-state index contributed by atoms with van der Waals surface area (Å²) in [5.41, 5.74) is 13.6. The zero-order valence-electron chi connectivity index (χ0n) is 25.9. The van der Waals surface area contributed by atoms with E-state index in [1.54, 1.807) is 49.5 Å². The van der Waals surface area contributed by atoms with E-state index in [0.29, 0.717) is 60.3 Å². The predicted octanol–water partition coefficient (Wildman–Crippen LogP) is 1.93. The number of ether oxygens (including phenoxy) is 4. The highest BCUT2D eigenvalue weighted by Crippen LogP contribution is 2.42. The highest BCUT2D eigenvalue weighted by molar-refractivity contribution is 7.52. The maximum Gasteiger partial charge on any atom is 0.355 e. The average Bonchev–Trinajstić information content (AvgIpc) is 3.61. The molecular formula is C24H40N10O10P2. The number of fused-ring (bicyclic) bond motifs is 2. The lowest BCUT2D eigenvalue weighted by molar-refractivity contribution is 0.00459. The summed E-state index contributed by atoms with van der Waals surface area (Å²) in [6.07, 6.45) is 4.27. The number of nitrogens with two attached hydrogens (primary N) is 2. The highest BCUT2D eigenvalue weighted by atomic mass is 31.2. The van der Waals surface area contributed by atoms with Crippen molar-refractivity contribution in [1.82, 2.24) is 39.0 Å². The van der Waals surface area contributed by atoms with E-state index in [0.717, 1.165) is 0 Å². The Labute approximate surface area is 264 Å². The van der Waals surface area contributed by atoms with E-state index in [-0.39, 0.29) is 25.8 Å². The second kappa shape index (κ2) is 17.7. The molecule has 256 valence electrons. The van der Waals surface area contributed by atoms with Gasteiger partial charge in [-0.3, -0.25) is 18.2 Å². The largest absolute Gasteiger partial charge is 0.382 e. The number of rotatable bonds is 18. The smallest absolute Gasteiger partial charge is 0.355 e. The van der Waals surface area contributed by atoms with Crippen molar-refractivity contribution in [2.75, 3.05) is 51.0 Å². The van der Waals surface area contributed by atoms with E-state index in [2.05, 4.69) is 29.9 Å². The molecule has 0 aliphatic carbocycles. The van der Waals surface area contributed by atoms with Gasteiger partial charge in [-0.25, -0.2) is 29.9 Å². The molecule has 4 aromatic heterocycles. The molecule has 0 aliphatic heterocycles. The fourth-order valence-corrected chi connectivity index (χ4v) is 5.16. The van der Waals surface area contributed by atoms with Crippen LogP contribution in [0.2, 0.25) is 0 Å². The number of aromatic nitrogens is 8. The second-order valence-electron chi connectivity index (χ2n) is 9.62. The van der Waals surface area contributed by atoms with Gasteiger partial charge < -0.3 is 49.3 Å². The summed E-state index contributed by atoms with van der Waals surface area (Å²) in [7, 11) is -7.68. The van der Waals surface area contributed by atoms with Crippen LogP contribution in [-0.4, -0.2) is 101 Å². The van der Waals surface area contributed by atoms with Crippen molar-refractivity contribution >= 4 is 49.2 Å². The van der Waals surface area contributed by atoms with Gasteiger partial charge in [-0.2, -0.15) is 0 Å². The standard InChI is InChI=1S/2C12H20N5O5P/c2*1-3-20-7-22-23(18,19)8-21-9(2)4-17-6-16-10-11(13)14-5-15-12(10)17/h2*5-6,9H,3-4,7-8H2,1-2H3,(H,18,19)(H2,13,14,15)/t9-;/m1./s1. The SMILES string of the molecule is CCOCOP(=O)(O)COC(C)Cn1cnc2c(N)ncnc21.CCOCOP(=O)(O)CO[C@H](C)Cn1cnc2c(N)ncnc21. The van der Waals surface area contributed by atoms with Gasteiger partial charge in [-0.05, 0) is 27.7 Å². The fraction of sp³-hybridized carbons (Fsp3) is 0.583. The molecule has 3 unspecified atom stereocenters. The summed E-state index contributed by atoms with van der Waals surface area (Å²) in [6.45, 7) is 8.13. The van der Waals surface area contributed by atoms with Crippen molar-refractivity contribution in [1.29, 1.82) is 0 Å². The summed E-state index contributed by atoms with van der Waals surface area (Å²) in [6, 6.07) is 0. The zero-order valence-corrected chi connectivity index (χ0v) is 27.7. The van der Waals surface area contributed by atoms with Gasteiger partial charge in [0.15, 0.2) is 36.5 Å². The Morgan fingerprint density at radius 1 is 0.717 bits per heavy atom. The summed E-state index contributed by atoms with van der Waals surface area (Å²) < 4.78 is 56.9. The Bertz CT molecular complexity index is 1510. The molecule has 0 amide bonds. The molecule has 0 aromatic carbocycles. The van der Waals surface area contributed by atoms with Crippen molar-refractivity contribution in [3.8, 4) is 0 Å². The van der Waals surface area contributed by atoms with E-state index < -0.39 is 27.9 Å². The first-order chi connectivity index (χ1) is 21.9. The normalized spacial score (nSPS) is 15.6. The monoisotopic (exact) mass is 690 g/mol. The lowest BCUT2D eigenvalue weighted by atomic mass is 10.4. The molecule has 0 fully saturated rings. The van der Waals surface area contributed by atoms with E-state index in [1.807, 2.05) is 0 Å². The van der Waals surface area contributed by atoms with Gasteiger partial charge in [0.25, 0.3) is 0 Å². The number of anilines is 2.